The van der Waals surface area contributed by atoms with Gasteiger partial charge in [0.1, 0.15) is 4.58 Å². The molecule has 2 atom stereocenters. The first-order valence-corrected chi connectivity index (χ1v) is 9.45. The Morgan fingerprint density at radius 3 is 1.82 bits per heavy atom. The molecule has 0 saturated heterocycles. The number of aliphatic hydroxyl groups is 1. The van der Waals surface area contributed by atoms with E-state index in [-0.39, 0.29) is 4.90 Å². The average molecular weight is 336 g/mol. The minimum absolute atomic E-state index is 0.239. The molecule has 0 saturated carbocycles. The number of rotatable bonds is 5. The normalized spacial score (nSPS) is 14.5. The van der Waals surface area contributed by atoms with E-state index >= 15 is 0 Å². The average Bonchev–Trinajstić information content (AvgIpc) is 2.46. The minimum Gasteiger partial charge on any atom is -0.391 e. The van der Waals surface area contributed by atoms with Crippen molar-refractivity contribution in [3.8, 4) is 0 Å². The van der Waals surface area contributed by atoms with Gasteiger partial charge in [-0.15, -0.1) is 11.8 Å². The SMILES string of the molecule is Cc1ccc(SC(C(C)O)S(=O)(=O)c2ccc(C)cc2)cc1. The van der Waals surface area contributed by atoms with Crippen molar-refractivity contribution in [3.05, 3.63) is 59.7 Å². The molecule has 1 N–H and O–H groups in total. The number of aryl methyl sites for hydroxylation is 2. The lowest BCUT2D eigenvalue weighted by Crippen LogP contribution is -2.29. The Bertz CT molecular complexity index is 718. The molecule has 0 spiro atoms. The van der Waals surface area contributed by atoms with Crippen LogP contribution in [0.5, 0.6) is 0 Å². The van der Waals surface area contributed by atoms with Crippen molar-refractivity contribution in [2.24, 2.45) is 0 Å². The predicted octanol–water partition coefficient (Wildman–Crippen LogP) is 3.58. The quantitative estimate of drug-likeness (QED) is 0.848. The number of sulfone groups is 1. The molecule has 118 valence electrons. The van der Waals surface area contributed by atoms with Crippen LogP contribution in [0.25, 0.3) is 0 Å². The van der Waals surface area contributed by atoms with Gasteiger partial charge in [-0.2, -0.15) is 0 Å². The maximum absolute atomic E-state index is 12.8. The fourth-order valence-electron chi connectivity index (χ4n) is 2.03. The standard InChI is InChI=1S/C17H20O3S2/c1-12-4-8-15(9-5-12)21-17(14(3)18)22(19,20)16-10-6-13(2)7-11-16/h4-11,14,17-18H,1-3H3. The van der Waals surface area contributed by atoms with E-state index in [0.29, 0.717) is 0 Å². The summed E-state index contributed by atoms with van der Waals surface area (Å²) < 4.78 is 24.6. The zero-order valence-corrected chi connectivity index (χ0v) is 14.5. The molecule has 0 heterocycles. The molecular weight excluding hydrogens is 316 g/mol. The van der Waals surface area contributed by atoms with E-state index in [9.17, 15) is 13.5 Å². The second-order valence-corrected chi connectivity index (χ2v) is 8.98. The van der Waals surface area contributed by atoms with Crippen LogP contribution >= 0.6 is 11.8 Å². The van der Waals surface area contributed by atoms with Gasteiger partial charge in [-0.05, 0) is 45.0 Å². The van der Waals surface area contributed by atoms with Crippen LogP contribution in [0.4, 0.5) is 0 Å². The molecule has 0 radical (unpaired) electrons. The topological polar surface area (TPSA) is 54.4 Å². The highest BCUT2D eigenvalue weighted by molar-refractivity contribution is 8.13. The Balaban J connectivity index is 2.34. The van der Waals surface area contributed by atoms with Crippen molar-refractivity contribution in [2.75, 3.05) is 0 Å². The summed E-state index contributed by atoms with van der Waals surface area (Å²) in [5.41, 5.74) is 2.11. The van der Waals surface area contributed by atoms with Crippen LogP contribution in [0.2, 0.25) is 0 Å². The van der Waals surface area contributed by atoms with E-state index < -0.39 is 20.5 Å². The smallest absolute Gasteiger partial charge is 0.193 e. The summed E-state index contributed by atoms with van der Waals surface area (Å²) >= 11 is 1.17. The van der Waals surface area contributed by atoms with Gasteiger partial charge in [-0.1, -0.05) is 35.4 Å². The Hall–Kier alpha value is -1.30. The second-order valence-electron chi connectivity index (χ2n) is 5.40. The zero-order chi connectivity index (χ0) is 16.3. The molecule has 0 aliphatic heterocycles. The molecule has 0 amide bonds. The summed E-state index contributed by atoms with van der Waals surface area (Å²) in [5, 5.41) is 9.98. The van der Waals surface area contributed by atoms with Crippen LogP contribution in [0, 0.1) is 13.8 Å². The third kappa shape index (κ3) is 3.91. The van der Waals surface area contributed by atoms with E-state index in [1.165, 1.54) is 18.7 Å². The Morgan fingerprint density at radius 1 is 0.909 bits per heavy atom. The molecule has 2 aromatic carbocycles. The van der Waals surface area contributed by atoms with Gasteiger partial charge in [0.25, 0.3) is 0 Å². The molecule has 2 rings (SSSR count). The van der Waals surface area contributed by atoms with Crippen LogP contribution in [-0.2, 0) is 9.84 Å². The monoisotopic (exact) mass is 336 g/mol. The largest absolute Gasteiger partial charge is 0.391 e. The fourth-order valence-corrected chi connectivity index (χ4v) is 5.27. The minimum atomic E-state index is -3.61. The summed E-state index contributed by atoms with van der Waals surface area (Å²) in [6.07, 6.45) is -0.974. The van der Waals surface area contributed by atoms with Crippen LogP contribution < -0.4 is 0 Å². The van der Waals surface area contributed by atoms with Crippen molar-refractivity contribution in [2.45, 2.75) is 41.2 Å². The van der Waals surface area contributed by atoms with E-state index in [1.54, 1.807) is 24.3 Å². The molecule has 0 aliphatic carbocycles. The van der Waals surface area contributed by atoms with E-state index in [1.807, 2.05) is 38.1 Å². The van der Waals surface area contributed by atoms with Crippen LogP contribution in [0.3, 0.4) is 0 Å². The highest BCUT2D eigenvalue weighted by Gasteiger charge is 2.32. The molecule has 0 aromatic heterocycles. The van der Waals surface area contributed by atoms with Crippen molar-refractivity contribution >= 4 is 21.6 Å². The molecule has 22 heavy (non-hydrogen) atoms. The molecular formula is C17H20O3S2. The molecule has 0 aliphatic rings. The lowest BCUT2D eigenvalue weighted by Gasteiger charge is -2.20. The number of thioether (sulfide) groups is 1. The van der Waals surface area contributed by atoms with Gasteiger partial charge in [-0.3, -0.25) is 0 Å². The van der Waals surface area contributed by atoms with E-state index in [4.69, 9.17) is 0 Å². The van der Waals surface area contributed by atoms with Crippen molar-refractivity contribution in [1.29, 1.82) is 0 Å². The number of hydrogen-bond acceptors (Lipinski definition) is 4. The third-order valence-corrected chi connectivity index (χ3v) is 7.48. The van der Waals surface area contributed by atoms with E-state index in [0.717, 1.165) is 16.0 Å². The van der Waals surface area contributed by atoms with Gasteiger partial charge in [-0.25, -0.2) is 8.42 Å². The Labute approximate surface area is 136 Å². The predicted molar refractivity (Wildman–Crippen MR) is 90.9 cm³/mol. The first-order valence-electron chi connectivity index (χ1n) is 7.02. The Kier molecular flexibility index (Phi) is 5.32. The molecule has 2 unspecified atom stereocenters. The van der Waals surface area contributed by atoms with Gasteiger partial charge in [0, 0.05) is 4.90 Å². The first kappa shape index (κ1) is 17.1. The summed E-state index contributed by atoms with van der Waals surface area (Å²) in [6, 6.07) is 14.3. The first-order chi connectivity index (χ1) is 10.3. The van der Waals surface area contributed by atoms with Crippen LogP contribution in [-0.4, -0.2) is 24.2 Å². The van der Waals surface area contributed by atoms with Crippen molar-refractivity contribution in [1.82, 2.24) is 0 Å². The highest BCUT2D eigenvalue weighted by atomic mass is 32.3. The maximum atomic E-state index is 12.8. The molecule has 5 heteroatoms. The van der Waals surface area contributed by atoms with Gasteiger partial charge < -0.3 is 5.11 Å². The Morgan fingerprint density at radius 2 is 1.36 bits per heavy atom. The summed E-state index contributed by atoms with van der Waals surface area (Å²) in [6.45, 7) is 5.39. The summed E-state index contributed by atoms with van der Waals surface area (Å²) in [4.78, 5) is 1.07. The number of benzene rings is 2. The van der Waals surface area contributed by atoms with Crippen LogP contribution in [0.1, 0.15) is 18.1 Å². The van der Waals surface area contributed by atoms with Crippen molar-refractivity contribution in [3.63, 3.8) is 0 Å². The van der Waals surface area contributed by atoms with Crippen LogP contribution in [0.15, 0.2) is 58.3 Å². The lowest BCUT2D eigenvalue weighted by atomic mass is 10.2. The van der Waals surface area contributed by atoms with Gasteiger partial charge in [0.05, 0.1) is 11.0 Å². The van der Waals surface area contributed by atoms with Gasteiger partial charge >= 0.3 is 0 Å². The number of hydrogen-bond donors (Lipinski definition) is 1. The number of aliphatic hydroxyl groups excluding tert-OH is 1. The fraction of sp³-hybridized carbons (Fsp3) is 0.294. The van der Waals surface area contributed by atoms with Crippen molar-refractivity contribution < 1.29 is 13.5 Å². The molecule has 0 bridgehead atoms. The molecule has 3 nitrogen and oxygen atoms in total. The van der Waals surface area contributed by atoms with E-state index in [2.05, 4.69) is 0 Å². The maximum Gasteiger partial charge on any atom is 0.193 e. The van der Waals surface area contributed by atoms with Gasteiger partial charge in [0.15, 0.2) is 9.84 Å². The molecule has 2 aromatic rings. The summed E-state index contributed by atoms with van der Waals surface area (Å²) in [5.74, 6) is 0. The van der Waals surface area contributed by atoms with Gasteiger partial charge in [0.2, 0.25) is 0 Å². The second kappa shape index (κ2) is 6.86. The third-order valence-electron chi connectivity index (χ3n) is 3.32. The lowest BCUT2D eigenvalue weighted by molar-refractivity contribution is 0.210. The summed E-state index contributed by atoms with van der Waals surface area (Å²) in [7, 11) is -3.61. The highest BCUT2D eigenvalue weighted by Crippen LogP contribution is 2.33. The molecule has 0 fully saturated rings. The zero-order valence-electron chi connectivity index (χ0n) is 12.9.